The third kappa shape index (κ3) is 2.39. The van der Waals surface area contributed by atoms with Crippen molar-refractivity contribution < 1.29 is 8.42 Å². The molecule has 2 heterocycles. The van der Waals surface area contributed by atoms with E-state index in [9.17, 15) is 8.42 Å². The first kappa shape index (κ1) is 11.5. The SMILES string of the molecule is Cn1nncc1S(=O)(=O)NC1CCCNC1. The Labute approximate surface area is 94.3 Å². The highest BCUT2D eigenvalue weighted by Gasteiger charge is 2.24. The largest absolute Gasteiger partial charge is 0.315 e. The second-order valence-corrected chi connectivity index (χ2v) is 5.52. The van der Waals surface area contributed by atoms with E-state index in [-0.39, 0.29) is 11.1 Å². The summed E-state index contributed by atoms with van der Waals surface area (Å²) in [6.45, 7) is 1.62. The molecule has 1 unspecified atom stereocenters. The highest BCUT2D eigenvalue weighted by Crippen LogP contribution is 2.08. The lowest BCUT2D eigenvalue weighted by molar-refractivity contribution is 0.427. The Bertz CT molecular complexity index is 449. The molecule has 8 heteroatoms. The van der Waals surface area contributed by atoms with Crippen LogP contribution in [0.4, 0.5) is 0 Å². The van der Waals surface area contributed by atoms with Crippen LogP contribution >= 0.6 is 0 Å². The molecule has 1 saturated heterocycles. The minimum atomic E-state index is -3.50. The molecule has 1 aliphatic rings. The highest BCUT2D eigenvalue weighted by molar-refractivity contribution is 7.89. The zero-order chi connectivity index (χ0) is 11.6. The van der Waals surface area contributed by atoms with Crippen LogP contribution in [0, 0.1) is 0 Å². The normalized spacial score (nSPS) is 22.2. The summed E-state index contributed by atoms with van der Waals surface area (Å²) in [4.78, 5) is 0. The Hall–Kier alpha value is -0.990. The maximum atomic E-state index is 11.9. The molecular weight excluding hydrogens is 230 g/mol. The van der Waals surface area contributed by atoms with Crippen LogP contribution in [0.2, 0.25) is 0 Å². The molecule has 0 aliphatic carbocycles. The molecule has 1 aromatic heterocycles. The molecule has 1 fully saturated rings. The molecule has 90 valence electrons. The summed E-state index contributed by atoms with van der Waals surface area (Å²) >= 11 is 0. The third-order valence-electron chi connectivity index (χ3n) is 2.57. The lowest BCUT2D eigenvalue weighted by atomic mass is 10.1. The number of piperidine rings is 1. The molecule has 0 spiro atoms. The predicted molar refractivity (Wildman–Crippen MR) is 57.2 cm³/mol. The molecule has 1 aromatic rings. The van der Waals surface area contributed by atoms with Crippen LogP contribution in [0.25, 0.3) is 0 Å². The van der Waals surface area contributed by atoms with Crippen molar-refractivity contribution in [2.24, 2.45) is 7.05 Å². The molecule has 0 saturated carbocycles. The first-order chi connectivity index (χ1) is 7.59. The monoisotopic (exact) mass is 245 g/mol. The first-order valence-corrected chi connectivity index (χ1v) is 6.65. The summed E-state index contributed by atoms with van der Waals surface area (Å²) in [5.74, 6) is 0. The molecule has 1 aliphatic heterocycles. The fourth-order valence-electron chi connectivity index (χ4n) is 1.76. The topological polar surface area (TPSA) is 88.9 Å². The maximum absolute atomic E-state index is 11.9. The Morgan fingerprint density at radius 1 is 1.62 bits per heavy atom. The zero-order valence-electron chi connectivity index (χ0n) is 9.05. The van der Waals surface area contributed by atoms with Gasteiger partial charge in [0.2, 0.25) is 0 Å². The lowest BCUT2D eigenvalue weighted by Crippen LogP contribution is -2.45. The molecule has 7 nitrogen and oxygen atoms in total. The van der Waals surface area contributed by atoms with E-state index in [1.807, 2.05) is 0 Å². The zero-order valence-corrected chi connectivity index (χ0v) is 9.87. The number of sulfonamides is 1. The van der Waals surface area contributed by atoms with Crippen LogP contribution in [-0.2, 0) is 17.1 Å². The fourth-order valence-corrected chi connectivity index (χ4v) is 3.09. The maximum Gasteiger partial charge on any atom is 0.259 e. The summed E-state index contributed by atoms with van der Waals surface area (Å²) < 4.78 is 27.8. The second kappa shape index (κ2) is 4.48. The van der Waals surface area contributed by atoms with Gasteiger partial charge in [-0.2, -0.15) is 0 Å². The lowest BCUT2D eigenvalue weighted by Gasteiger charge is -2.23. The molecule has 16 heavy (non-hydrogen) atoms. The van der Waals surface area contributed by atoms with Crippen LogP contribution in [0.3, 0.4) is 0 Å². The van der Waals surface area contributed by atoms with Crippen LogP contribution in [0.1, 0.15) is 12.8 Å². The van der Waals surface area contributed by atoms with Crippen LogP contribution in [0.15, 0.2) is 11.2 Å². The minimum absolute atomic E-state index is 0.0475. The van der Waals surface area contributed by atoms with E-state index in [0.29, 0.717) is 6.54 Å². The molecule has 0 amide bonds. The van der Waals surface area contributed by atoms with Gasteiger partial charge in [-0.1, -0.05) is 5.21 Å². The van der Waals surface area contributed by atoms with Gasteiger partial charge in [-0.25, -0.2) is 17.8 Å². The van der Waals surface area contributed by atoms with E-state index in [1.165, 1.54) is 10.9 Å². The van der Waals surface area contributed by atoms with Crippen molar-refractivity contribution in [2.75, 3.05) is 13.1 Å². The average molecular weight is 245 g/mol. The molecular formula is C8H15N5O2S. The van der Waals surface area contributed by atoms with E-state index in [0.717, 1.165) is 19.4 Å². The summed E-state index contributed by atoms with van der Waals surface area (Å²) in [6.07, 6.45) is 3.09. The number of hydrogen-bond acceptors (Lipinski definition) is 5. The highest BCUT2D eigenvalue weighted by atomic mass is 32.2. The number of aryl methyl sites for hydroxylation is 1. The Morgan fingerprint density at radius 2 is 2.44 bits per heavy atom. The van der Waals surface area contributed by atoms with Crippen molar-refractivity contribution in [2.45, 2.75) is 23.9 Å². The van der Waals surface area contributed by atoms with Crippen molar-refractivity contribution in [3.05, 3.63) is 6.20 Å². The standard InChI is InChI=1S/C8H15N5O2S/c1-13-8(6-10-12-13)16(14,15)11-7-3-2-4-9-5-7/h6-7,9,11H,2-5H2,1H3. The van der Waals surface area contributed by atoms with Crippen molar-refractivity contribution in [3.63, 3.8) is 0 Å². The number of rotatable bonds is 3. The van der Waals surface area contributed by atoms with Gasteiger partial charge in [0.15, 0.2) is 5.03 Å². The molecule has 0 bridgehead atoms. The van der Waals surface area contributed by atoms with Gasteiger partial charge in [-0.05, 0) is 19.4 Å². The minimum Gasteiger partial charge on any atom is -0.315 e. The molecule has 1 atom stereocenters. The Balaban J connectivity index is 2.11. The van der Waals surface area contributed by atoms with E-state index in [2.05, 4.69) is 20.4 Å². The summed E-state index contributed by atoms with van der Waals surface area (Å²) in [5, 5.41) is 10.4. The van der Waals surface area contributed by atoms with Gasteiger partial charge in [0.25, 0.3) is 10.0 Å². The van der Waals surface area contributed by atoms with Gasteiger partial charge in [0, 0.05) is 19.6 Å². The fraction of sp³-hybridized carbons (Fsp3) is 0.750. The van der Waals surface area contributed by atoms with Gasteiger partial charge >= 0.3 is 0 Å². The Kier molecular flexibility index (Phi) is 3.22. The summed E-state index contributed by atoms with van der Waals surface area (Å²) in [5.41, 5.74) is 0. The van der Waals surface area contributed by atoms with Crippen molar-refractivity contribution in [1.29, 1.82) is 0 Å². The molecule has 2 rings (SSSR count). The quantitative estimate of drug-likeness (QED) is 0.701. The number of nitrogens with one attached hydrogen (secondary N) is 2. The molecule has 2 N–H and O–H groups in total. The van der Waals surface area contributed by atoms with Gasteiger partial charge in [-0.3, -0.25) is 0 Å². The summed E-state index contributed by atoms with van der Waals surface area (Å²) in [6, 6.07) is -0.0475. The average Bonchev–Trinajstić information content (AvgIpc) is 2.66. The number of nitrogens with zero attached hydrogens (tertiary/aromatic N) is 3. The van der Waals surface area contributed by atoms with E-state index in [4.69, 9.17) is 0 Å². The Morgan fingerprint density at radius 3 is 3.00 bits per heavy atom. The van der Waals surface area contributed by atoms with Crippen molar-refractivity contribution in [1.82, 2.24) is 25.0 Å². The van der Waals surface area contributed by atoms with E-state index in [1.54, 1.807) is 7.05 Å². The number of hydrogen-bond donors (Lipinski definition) is 2. The van der Waals surface area contributed by atoms with Crippen LogP contribution in [-0.4, -0.2) is 42.5 Å². The smallest absolute Gasteiger partial charge is 0.259 e. The predicted octanol–water partition coefficient (Wildman–Crippen LogP) is -1.15. The summed E-state index contributed by atoms with van der Waals surface area (Å²) in [7, 11) is -1.94. The van der Waals surface area contributed by atoms with E-state index < -0.39 is 10.0 Å². The molecule has 0 aromatic carbocycles. The van der Waals surface area contributed by atoms with Gasteiger partial charge in [-0.15, -0.1) is 5.10 Å². The van der Waals surface area contributed by atoms with Gasteiger partial charge in [0.1, 0.15) is 0 Å². The first-order valence-electron chi connectivity index (χ1n) is 5.17. The van der Waals surface area contributed by atoms with Crippen molar-refractivity contribution in [3.8, 4) is 0 Å². The second-order valence-electron chi connectivity index (χ2n) is 3.86. The van der Waals surface area contributed by atoms with Crippen LogP contribution < -0.4 is 10.0 Å². The van der Waals surface area contributed by atoms with Crippen LogP contribution in [0.5, 0.6) is 0 Å². The third-order valence-corrected chi connectivity index (χ3v) is 4.13. The number of aromatic nitrogens is 3. The van der Waals surface area contributed by atoms with E-state index >= 15 is 0 Å². The van der Waals surface area contributed by atoms with Gasteiger partial charge in [0.05, 0.1) is 6.20 Å². The van der Waals surface area contributed by atoms with Crippen molar-refractivity contribution >= 4 is 10.0 Å². The van der Waals surface area contributed by atoms with Gasteiger partial charge < -0.3 is 5.32 Å². The molecule has 0 radical (unpaired) electrons.